The Morgan fingerprint density at radius 1 is 1.00 bits per heavy atom. The lowest BCUT2D eigenvalue weighted by Crippen LogP contribution is -2.35. The van der Waals surface area contributed by atoms with Gasteiger partial charge in [0.2, 0.25) is 5.91 Å². The van der Waals surface area contributed by atoms with Crippen molar-refractivity contribution in [2.75, 3.05) is 6.54 Å². The van der Waals surface area contributed by atoms with E-state index in [-0.39, 0.29) is 17.8 Å². The summed E-state index contributed by atoms with van der Waals surface area (Å²) in [5.74, 6) is 6.14. The maximum Gasteiger partial charge on any atom is 0.233 e. The number of nitrogens with two attached hydrogens (primary N) is 2. The van der Waals surface area contributed by atoms with Gasteiger partial charge in [-0.15, -0.1) is 11.8 Å². The number of carbonyl (C=O) groups is 1. The summed E-state index contributed by atoms with van der Waals surface area (Å²) in [7, 11) is 0. The number of carbonyl (C=O) groups excluding carboxylic acids is 1. The Kier molecular flexibility index (Phi) is 11.3. The summed E-state index contributed by atoms with van der Waals surface area (Å²) in [5.41, 5.74) is 7.64. The number of hydrazone groups is 1. The third kappa shape index (κ3) is 8.97. The second kappa shape index (κ2) is 14.6. The van der Waals surface area contributed by atoms with Crippen LogP contribution in [0.5, 0.6) is 5.75 Å². The van der Waals surface area contributed by atoms with Gasteiger partial charge in [0, 0.05) is 33.5 Å². The van der Waals surface area contributed by atoms with Crippen molar-refractivity contribution in [1.29, 1.82) is 0 Å². The van der Waals surface area contributed by atoms with Gasteiger partial charge in [0.15, 0.2) is 0 Å². The number of hydrogen-bond donors (Lipinski definition) is 3. The van der Waals surface area contributed by atoms with Crippen molar-refractivity contribution in [3.05, 3.63) is 94.0 Å². The fourth-order valence-corrected chi connectivity index (χ4v) is 5.08. The van der Waals surface area contributed by atoms with Gasteiger partial charge >= 0.3 is 0 Å². The first-order chi connectivity index (χ1) is 17.5. The van der Waals surface area contributed by atoms with E-state index in [9.17, 15) is 4.79 Å². The van der Waals surface area contributed by atoms with Crippen LogP contribution in [-0.4, -0.2) is 23.5 Å². The standard InChI is InChI=1S/C27H30Cl2N4O2S/c28-23-9-5-10-24(29)22(23)18-35-20-12-14-21(15-13-20)36-25(27(34)32-17-16-26(30)33-31)11-4-8-19-6-2-1-3-7-19/h1-3,5-7,9-10,12-15,25H,4,8,11,16-18,31H2,(H2,30,33)(H,32,34). The number of hydrogen-bond acceptors (Lipinski definition) is 5. The number of ether oxygens (including phenoxy) is 1. The summed E-state index contributed by atoms with van der Waals surface area (Å²) in [6.07, 6.45) is 2.94. The van der Waals surface area contributed by atoms with Crippen molar-refractivity contribution in [2.24, 2.45) is 16.7 Å². The number of nitrogens with one attached hydrogen (secondary N) is 1. The van der Waals surface area contributed by atoms with E-state index in [0.29, 0.717) is 34.6 Å². The summed E-state index contributed by atoms with van der Waals surface area (Å²) in [6, 6.07) is 23.3. The molecule has 0 saturated heterocycles. The van der Waals surface area contributed by atoms with Crippen molar-refractivity contribution < 1.29 is 9.53 Å². The summed E-state index contributed by atoms with van der Waals surface area (Å²) in [6.45, 7) is 0.656. The molecule has 0 aliphatic rings. The Morgan fingerprint density at radius 2 is 1.69 bits per heavy atom. The first kappa shape index (κ1) is 27.7. The van der Waals surface area contributed by atoms with Gasteiger partial charge in [0.25, 0.3) is 0 Å². The number of rotatable bonds is 13. The van der Waals surface area contributed by atoms with Crippen molar-refractivity contribution in [3.63, 3.8) is 0 Å². The van der Waals surface area contributed by atoms with E-state index in [1.54, 1.807) is 18.2 Å². The number of amidine groups is 1. The summed E-state index contributed by atoms with van der Waals surface area (Å²) in [4.78, 5) is 13.9. The van der Waals surface area contributed by atoms with Crippen molar-refractivity contribution in [3.8, 4) is 5.75 Å². The number of benzene rings is 3. The molecule has 0 saturated carbocycles. The molecular weight excluding hydrogens is 515 g/mol. The molecule has 0 spiro atoms. The zero-order chi connectivity index (χ0) is 25.8. The van der Waals surface area contributed by atoms with E-state index in [4.69, 9.17) is 39.5 Å². The largest absolute Gasteiger partial charge is 0.489 e. The highest BCUT2D eigenvalue weighted by molar-refractivity contribution is 8.00. The topological polar surface area (TPSA) is 103 Å². The van der Waals surface area contributed by atoms with Crippen LogP contribution in [0.3, 0.4) is 0 Å². The van der Waals surface area contributed by atoms with Gasteiger partial charge < -0.3 is 21.6 Å². The van der Waals surface area contributed by atoms with Crippen LogP contribution in [0, 0.1) is 0 Å². The molecule has 1 amide bonds. The molecule has 36 heavy (non-hydrogen) atoms. The number of halogens is 2. The highest BCUT2D eigenvalue weighted by atomic mass is 35.5. The normalized spacial score (nSPS) is 12.2. The lowest BCUT2D eigenvalue weighted by molar-refractivity contribution is -0.120. The quantitative estimate of drug-likeness (QED) is 0.0829. The van der Waals surface area contributed by atoms with E-state index >= 15 is 0 Å². The van der Waals surface area contributed by atoms with Gasteiger partial charge in [0.05, 0.1) is 5.25 Å². The van der Waals surface area contributed by atoms with Gasteiger partial charge in [-0.25, -0.2) is 0 Å². The third-order valence-corrected chi connectivity index (χ3v) is 7.45. The van der Waals surface area contributed by atoms with Gasteiger partial charge in [-0.1, -0.05) is 59.6 Å². The zero-order valence-corrected chi connectivity index (χ0v) is 22.2. The smallest absolute Gasteiger partial charge is 0.233 e. The highest BCUT2D eigenvalue weighted by Crippen LogP contribution is 2.30. The van der Waals surface area contributed by atoms with Crippen LogP contribution < -0.4 is 21.6 Å². The fraction of sp³-hybridized carbons (Fsp3) is 0.259. The molecule has 3 aromatic rings. The molecule has 0 aliphatic carbocycles. The predicted molar refractivity (Wildman–Crippen MR) is 150 cm³/mol. The van der Waals surface area contributed by atoms with Crippen LogP contribution in [0.1, 0.15) is 30.4 Å². The third-order valence-electron chi connectivity index (χ3n) is 5.46. The van der Waals surface area contributed by atoms with E-state index in [1.807, 2.05) is 42.5 Å². The fourth-order valence-electron chi connectivity index (χ4n) is 3.48. The van der Waals surface area contributed by atoms with E-state index in [2.05, 4.69) is 22.6 Å². The molecule has 0 radical (unpaired) electrons. The monoisotopic (exact) mass is 544 g/mol. The molecular formula is C27H30Cl2N4O2S. The average Bonchev–Trinajstić information content (AvgIpc) is 2.89. The molecule has 0 fully saturated rings. The minimum Gasteiger partial charge on any atom is -0.489 e. The lowest BCUT2D eigenvalue weighted by Gasteiger charge is -2.17. The summed E-state index contributed by atoms with van der Waals surface area (Å²) in [5, 5.41) is 7.28. The average molecular weight is 546 g/mol. The lowest BCUT2D eigenvalue weighted by atomic mass is 10.1. The van der Waals surface area contributed by atoms with Gasteiger partial charge in [-0.3, -0.25) is 4.79 Å². The molecule has 3 rings (SSSR count). The molecule has 0 heterocycles. The summed E-state index contributed by atoms with van der Waals surface area (Å²) >= 11 is 14.0. The molecule has 0 aromatic heterocycles. The predicted octanol–water partition coefficient (Wildman–Crippen LogP) is 5.79. The second-order valence-corrected chi connectivity index (χ2v) is 10.2. The van der Waals surface area contributed by atoms with Crippen molar-refractivity contribution in [2.45, 2.75) is 42.4 Å². The SMILES string of the molecule is N/N=C(\N)CCNC(=O)C(CCCc1ccccc1)Sc1ccc(OCc2c(Cl)cccc2Cl)cc1. The van der Waals surface area contributed by atoms with E-state index in [0.717, 1.165) is 29.7 Å². The number of amides is 1. The van der Waals surface area contributed by atoms with Gasteiger partial charge in [-0.2, -0.15) is 5.10 Å². The highest BCUT2D eigenvalue weighted by Gasteiger charge is 2.20. The molecule has 0 bridgehead atoms. The van der Waals surface area contributed by atoms with Crippen LogP contribution in [0.25, 0.3) is 0 Å². The Morgan fingerprint density at radius 3 is 2.36 bits per heavy atom. The summed E-state index contributed by atoms with van der Waals surface area (Å²) < 4.78 is 5.87. The Balaban J connectivity index is 1.59. The Hall–Kier alpha value is -2.87. The minimum atomic E-state index is -0.251. The zero-order valence-electron chi connectivity index (χ0n) is 19.8. The van der Waals surface area contributed by atoms with Gasteiger partial charge in [0.1, 0.15) is 18.2 Å². The number of thioether (sulfide) groups is 1. The Labute approximate surface area is 226 Å². The second-order valence-electron chi connectivity index (χ2n) is 8.11. The molecule has 1 unspecified atom stereocenters. The van der Waals surface area contributed by atoms with Crippen molar-refractivity contribution >= 4 is 46.7 Å². The van der Waals surface area contributed by atoms with Gasteiger partial charge in [-0.05, 0) is 61.2 Å². The minimum absolute atomic E-state index is 0.0356. The maximum absolute atomic E-state index is 13.0. The first-order valence-electron chi connectivity index (χ1n) is 11.6. The molecule has 5 N–H and O–H groups in total. The molecule has 6 nitrogen and oxygen atoms in total. The molecule has 0 aliphatic heterocycles. The van der Waals surface area contributed by atoms with Crippen LogP contribution in [0.4, 0.5) is 0 Å². The molecule has 1 atom stereocenters. The number of nitrogens with zero attached hydrogens (tertiary/aromatic N) is 1. The van der Waals surface area contributed by atoms with E-state index in [1.165, 1.54) is 17.3 Å². The van der Waals surface area contributed by atoms with Crippen LogP contribution in [-0.2, 0) is 17.8 Å². The van der Waals surface area contributed by atoms with Crippen molar-refractivity contribution in [1.82, 2.24) is 5.32 Å². The van der Waals surface area contributed by atoms with Crippen LogP contribution >= 0.6 is 35.0 Å². The van der Waals surface area contributed by atoms with Crippen LogP contribution in [0.15, 0.2) is 82.8 Å². The number of aryl methyl sites for hydroxylation is 1. The maximum atomic E-state index is 13.0. The molecule has 3 aromatic carbocycles. The van der Waals surface area contributed by atoms with Crippen LogP contribution in [0.2, 0.25) is 10.0 Å². The molecule has 190 valence electrons. The first-order valence-corrected chi connectivity index (χ1v) is 13.3. The van der Waals surface area contributed by atoms with E-state index < -0.39 is 0 Å². The molecule has 9 heteroatoms. The Bertz CT molecular complexity index is 1120.